The maximum Gasteiger partial charge on any atom is 0.152 e. The summed E-state index contributed by atoms with van der Waals surface area (Å²) < 4.78 is 24.0. The molecule has 0 heterocycles. The molecule has 0 spiro atoms. The zero-order chi connectivity index (χ0) is 13.5. The normalized spacial score (nSPS) is 16.1. The van der Waals surface area contributed by atoms with Gasteiger partial charge in [-0.05, 0) is 45.6 Å². The molecule has 0 amide bonds. The van der Waals surface area contributed by atoms with Crippen LogP contribution in [0.2, 0.25) is 0 Å². The predicted molar refractivity (Wildman–Crippen MR) is 75.1 cm³/mol. The molecule has 0 saturated carbocycles. The summed E-state index contributed by atoms with van der Waals surface area (Å²) in [6, 6.07) is 0.277. The van der Waals surface area contributed by atoms with Crippen molar-refractivity contribution in [3.05, 3.63) is 0 Å². The van der Waals surface area contributed by atoms with Crippen LogP contribution in [0.25, 0.3) is 0 Å². The van der Waals surface area contributed by atoms with E-state index in [0.717, 1.165) is 19.4 Å². The first kappa shape index (κ1) is 16.9. The van der Waals surface area contributed by atoms with E-state index in [-0.39, 0.29) is 11.3 Å². The lowest BCUT2D eigenvalue weighted by atomic mass is 10.2. The molecule has 17 heavy (non-hydrogen) atoms. The Bertz CT molecular complexity index is 286. The zero-order valence-corrected chi connectivity index (χ0v) is 12.8. The van der Waals surface area contributed by atoms with Gasteiger partial charge in [0.2, 0.25) is 0 Å². The minimum atomic E-state index is -2.92. The highest BCUT2D eigenvalue weighted by Gasteiger charge is 2.22. The summed E-state index contributed by atoms with van der Waals surface area (Å²) in [5, 5.41) is 3.10. The van der Waals surface area contributed by atoms with Gasteiger partial charge in [0.05, 0.1) is 11.0 Å². The Kier molecular flexibility index (Phi) is 8.05. The average Bonchev–Trinajstić information content (AvgIpc) is 2.23. The predicted octanol–water partition coefficient (Wildman–Crippen LogP) is 2.61. The Balaban J connectivity index is 4.14. The van der Waals surface area contributed by atoms with Crippen molar-refractivity contribution in [2.24, 2.45) is 5.92 Å². The third-order valence-electron chi connectivity index (χ3n) is 3.02. The van der Waals surface area contributed by atoms with E-state index in [0.29, 0.717) is 18.1 Å². The first-order chi connectivity index (χ1) is 7.79. The molecule has 2 unspecified atom stereocenters. The van der Waals surface area contributed by atoms with Crippen molar-refractivity contribution in [1.29, 1.82) is 0 Å². The summed E-state index contributed by atoms with van der Waals surface area (Å²) in [5.41, 5.74) is 0. The van der Waals surface area contributed by atoms with Crippen molar-refractivity contribution in [3.8, 4) is 0 Å². The monoisotopic (exact) mass is 263 g/mol. The van der Waals surface area contributed by atoms with E-state index in [2.05, 4.69) is 33.0 Å². The topological polar surface area (TPSA) is 46.2 Å². The minimum Gasteiger partial charge on any atom is -0.314 e. The van der Waals surface area contributed by atoms with E-state index in [1.165, 1.54) is 0 Å². The van der Waals surface area contributed by atoms with Gasteiger partial charge in [0.25, 0.3) is 0 Å². The molecule has 0 aromatic carbocycles. The number of rotatable bonds is 9. The number of hydrogen-bond donors (Lipinski definition) is 1. The molecule has 104 valence electrons. The summed E-state index contributed by atoms with van der Waals surface area (Å²) in [7, 11) is -2.92. The van der Waals surface area contributed by atoms with Gasteiger partial charge in [-0.15, -0.1) is 0 Å². The second kappa shape index (κ2) is 8.09. The van der Waals surface area contributed by atoms with E-state index in [1.807, 2.05) is 6.92 Å². The van der Waals surface area contributed by atoms with E-state index in [4.69, 9.17) is 0 Å². The molecule has 0 saturated heterocycles. The molecular formula is C13H29NO2S. The van der Waals surface area contributed by atoms with Crippen LogP contribution in [0, 0.1) is 5.92 Å². The maximum absolute atomic E-state index is 12.0. The van der Waals surface area contributed by atoms with Crippen molar-refractivity contribution in [1.82, 2.24) is 5.32 Å². The molecule has 2 atom stereocenters. The highest BCUT2D eigenvalue weighted by molar-refractivity contribution is 7.92. The van der Waals surface area contributed by atoms with Crippen LogP contribution in [0.1, 0.15) is 53.9 Å². The smallest absolute Gasteiger partial charge is 0.152 e. The van der Waals surface area contributed by atoms with E-state index >= 15 is 0 Å². The standard InChI is InChI=1S/C13H29NO2S/c1-6-8-14-12(4)10-13(5)17(15,16)9-7-11(2)3/h11-14H,6-10H2,1-5H3. The summed E-state index contributed by atoms with van der Waals surface area (Å²) >= 11 is 0. The number of hydrogen-bond acceptors (Lipinski definition) is 3. The molecule has 0 aliphatic carbocycles. The Morgan fingerprint density at radius 1 is 1.12 bits per heavy atom. The summed E-state index contributed by atoms with van der Waals surface area (Å²) in [4.78, 5) is 0. The van der Waals surface area contributed by atoms with Crippen molar-refractivity contribution in [2.45, 2.75) is 65.2 Å². The minimum absolute atomic E-state index is 0.236. The largest absolute Gasteiger partial charge is 0.314 e. The SMILES string of the molecule is CCCNC(C)CC(C)S(=O)(=O)CCC(C)C. The second-order valence-corrected chi connectivity index (χ2v) is 7.99. The van der Waals surface area contributed by atoms with Crippen LogP contribution in [0.4, 0.5) is 0 Å². The summed E-state index contributed by atoms with van der Waals surface area (Å²) in [6.45, 7) is 11.1. The Hall–Kier alpha value is -0.0900. The molecule has 1 N–H and O–H groups in total. The number of sulfone groups is 1. The first-order valence-electron chi connectivity index (χ1n) is 6.74. The summed E-state index contributed by atoms with van der Waals surface area (Å²) in [5.74, 6) is 0.777. The van der Waals surface area contributed by atoms with Crippen LogP contribution >= 0.6 is 0 Å². The molecule has 3 nitrogen and oxygen atoms in total. The fourth-order valence-electron chi connectivity index (χ4n) is 1.72. The van der Waals surface area contributed by atoms with Crippen LogP contribution in [0.15, 0.2) is 0 Å². The van der Waals surface area contributed by atoms with E-state index < -0.39 is 9.84 Å². The molecular weight excluding hydrogens is 234 g/mol. The van der Waals surface area contributed by atoms with Crippen LogP contribution in [-0.2, 0) is 9.84 Å². The van der Waals surface area contributed by atoms with Gasteiger partial charge in [-0.2, -0.15) is 0 Å². The number of nitrogens with one attached hydrogen (secondary N) is 1. The molecule has 0 rings (SSSR count). The lowest BCUT2D eigenvalue weighted by Crippen LogP contribution is -2.33. The fourth-order valence-corrected chi connectivity index (χ4v) is 3.50. The average molecular weight is 263 g/mol. The molecule has 0 aromatic heterocycles. The van der Waals surface area contributed by atoms with Crippen molar-refractivity contribution >= 4 is 9.84 Å². The van der Waals surface area contributed by atoms with Crippen molar-refractivity contribution < 1.29 is 8.42 Å². The third kappa shape index (κ3) is 7.77. The molecule has 4 heteroatoms. The Labute approximate surface area is 107 Å². The van der Waals surface area contributed by atoms with Gasteiger partial charge in [0, 0.05) is 6.04 Å². The van der Waals surface area contributed by atoms with Crippen LogP contribution in [0.5, 0.6) is 0 Å². The molecule has 0 bridgehead atoms. The molecule has 0 radical (unpaired) electrons. The van der Waals surface area contributed by atoms with Gasteiger partial charge in [-0.1, -0.05) is 20.8 Å². The van der Waals surface area contributed by atoms with E-state index in [9.17, 15) is 8.42 Å². The van der Waals surface area contributed by atoms with Gasteiger partial charge >= 0.3 is 0 Å². The third-order valence-corrected chi connectivity index (χ3v) is 5.24. The van der Waals surface area contributed by atoms with Gasteiger partial charge in [0.1, 0.15) is 0 Å². The lowest BCUT2D eigenvalue weighted by Gasteiger charge is -2.19. The Morgan fingerprint density at radius 2 is 1.71 bits per heavy atom. The van der Waals surface area contributed by atoms with Crippen LogP contribution in [-0.4, -0.2) is 32.0 Å². The van der Waals surface area contributed by atoms with Crippen LogP contribution < -0.4 is 5.32 Å². The molecule has 0 aliphatic rings. The quantitative estimate of drug-likeness (QED) is 0.695. The maximum atomic E-state index is 12.0. The van der Waals surface area contributed by atoms with Gasteiger partial charge < -0.3 is 5.32 Å². The van der Waals surface area contributed by atoms with Crippen molar-refractivity contribution in [2.75, 3.05) is 12.3 Å². The Morgan fingerprint density at radius 3 is 2.18 bits per heavy atom. The lowest BCUT2D eigenvalue weighted by molar-refractivity contribution is 0.494. The fraction of sp³-hybridized carbons (Fsp3) is 1.00. The van der Waals surface area contributed by atoms with E-state index in [1.54, 1.807) is 0 Å². The van der Waals surface area contributed by atoms with Crippen LogP contribution in [0.3, 0.4) is 0 Å². The first-order valence-corrected chi connectivity index (χ1v) is 8.46. The highest BCUT2D eigenvalue weighted by atomic mass is 32.2. The highest BCUT2D eigenvalue weighted by Crippen LogP contribution is 2.13. The van der Waals surface area contributed by atoms with Gasteiger partial charge in [-0.25, -0.2) is 8.42 Å². The summed E-state index contributed by atoms with van der Waals surface area (Å²) in [6.07, 6.45) is 2.56. The zero-order valence-electron chi connectivity index (χ0n) is 12.0. The molecule has 0 fully saturated rings. The van der Waals surface area contributed by atoms with Gasteiger partial charge in [-0.3, -0.25) is 0 Å². The molecule has 0 aromatic rings. The van der Waals surface area contributed by atoms with Crippen molar-refractivity contribution in [3.63, 3.8) is 0 Å². The second-order valence-electron chi connectivity index (χ2n) is 5.45. The van der Waals surface area contributed by atoms with Gasteiger partial charge in [0.15, 0.2) is 9.84 Å². The molecule has 0 aliphatic heterocycles.